The van der Waals surface area contributed by atoms with Gasteiger partial charge in [-0.05, 0) is 50.3 Å². The van der Waals surface area contributed by atoms with Gasteiger partial charge in [0.05, 0.1) is 9.26 Å². The molecule has 7 heteroatoms. The molecule has 2 heterocycles. The smallest absolute Gasteiger partial charge is 0.410 e. The molecule has 0 aliphatic carbocycles. The van der Waals surface area contributed by atoms with Crippen molar-refractivity contribution in [2.45, 2.75) is 33.3 Å². The number of hydrogen-bond donors (Lipinski definition) is 0. The number of halogens is 1. The number of anilines is 1. The Morgan fingerprint density at radius 1 is 1.24 bits per heavy atom. The average molecular weight is 404 g/mol. The van der Waals surface area contributed by atoms with Crippen LogP contribution in [-0.2, 0) is 4.74 Å². The number of aromatic nitrogens is 2. The Morgan fingerprint density at radius 3 is 2.43 bits per heavy atom. The number of nitrogens with zero attached hydrogens (tertiary/aromatic N) is 4. The van der Waals surface area contributed by atoms with E-state index in [2.05, 4.69) is 37.5 Å². The number of ether oxygens (including phenoxy) is 1. The van der Waals surface area contributed by atoms with Gasteiger partial charge in [0.25, 0.3) is 0 Å². The predicted molar refractivity (Wildman–Crippen MR) is 89.5 cm³/mol. The summed E-state index contributed by atoms with van der Waals surface area (Å²) < 4.78 is 6.47. The van der Waals surface area contributed by atoms with Crippen LogP contribution in [-0.4, -0.2) is 52.7 Å². The highest BCUT2D eigenvalue weighted by Crippen LogP contribution is 2.23. The number of carbonyl (C=O) groups excluding carboxylic acids is 1. The van der Waals surface area contributed by atoms with Gasteiger partial charge in [-0.25, -0.2) is 14.8 Å². The van der Waals surface area contributed by atoms with Crippen LogP contribution >= 0.6 is 22.6 Å². The van der Waals surface area contributed by atoms with Crippen LogP contribution in [0.1, 0.15) is 26.5 Å². The number of aryl methyl sites for hydroxylation is 1. The van der Waals surface area contributed by atoms with Crippen LogP contribution in [0, 0.1) is 10.5 Å². The van der Waals surface area contributed by atoms with Crippen molar-refractivity contribution in [1.29, 1.82) is 0 Å². The first-order valence-electron chi connectivity index (χ1n) is 6.98. The minimum absolute atomic E-state index is 0.240. The maximum absolute atomic E-state index is 12.0. The third-order valence-corrected chi connectivity index (χ3v) is 4.44. The first kappa shape index (κ1) is 16.3. The van der Waals surface area contributed by atoms with E-state index in [4.69, 9.17) is 4.74 Å². The van der Waals surface area contributed by atoms with E-state index in [-0.39, 0.29) is 6.09 Å². The van der Waals surface area contributed by atoms with Gasteiger partial charge in [0, 0.05) is 26.2 Å². The molecule has 2 rings (SSSR count). The van der Waals surface area contributed by atoms with Gasteiger partial charge in [-0.1, -0.05) is 0 Å². The highest BCUT2D eigenvalue weighted by Gasteiger charge is 2.27. The summed E-state index contributed by atoms with van der Waals surface area (Å²) in [4.78, 5) is 24.5. The van der Waals surface area contributed by atoms with E-state index < -0.39 is 5.60 Å². The lowest BCUT2D eigenvalue weighted by atomic mass is 10.2. The molecule has 1 aromatic rings. The molecule has 0 atom stereocenters. The normalized spacial score (nSPS) is 16.0. The molecule has 1 aliphatic rings. The van der Waals surface area contributed by atoms with Gasteiger partial charge in [0.2, 0.25) is 0 Å². The van der Waals surface area contributed by atoms with Crippen molar-refractivity contribution in [3.05, 3.63) is 15.6 Å². The van der Waals surface area contributed by atoms with E-state index in [1.807, 2.05) is 27.7 Å². The molecular formula is C14H21IN4O2. The van der Waals surface area contributed by atoms with Gasteiger partial charge in [0.1, 0.15) is 17.7 Å². The summed E-state index contributed by atoms with van der Waals surface area (Å²) >= 11 is 2.27. The van der Waals surface area contributed by atoms with E-state index in [0.717, 1.165) is 28.2 Å². The third kappa shape index (κ3) is 4.18. The molecule has 21 heavy (non-hydrogen) atoms. The zero-order valence-electron chi connectivity index (χ0n) is 12.9. The van der Waals surface area contributed by atoms with Crippen LogP contribution in [0.5, 0.6) is 0 Å². The summed E-state index contributed by atoms with van der Waals surface area (Å²) in [6, 6.07) is 0. The van der Waals surface area contributed by atoms with Crippen molar-refractivity contribution in [2.75, 3.05) is 31.1 Å². The quantitative estimate of drug-likeness (QED) is 0.674. The largest absolute Gasteiger partial charge is 0.444 e. The highest BCUT2D eigenvalue weighted by atomic mass is 127. The van der Waals surface area contributed by atoms with E-state index in [0.29, 0.717) is 13.1 Å². The molecule has 1 aliphatic heterocycles. The van der Waals surface area contributed by atoms with Crippen LogP contribution in [0.3, 0.4) is 0 Å². The second kappa shape index (κ2) is 6.33. The van der Waals surface area contributed by atoms with Crippen LogP contribution in [0.2, 0.25) is 0 Å². The summed E-state index contributed by atoms with van der Waals surface area (Å²) in [5.74, 6) is 0.951. The van der Waals surface area contributed by atoms with E-state index in [9.17, 15) is 4.79 Å². The summed E-state index contributed by atoms with van der Waals surface area (Å²) in [6.07, 6.45) is 1.35. The van der Waals surface area contributed by atoms with Crippen LogP contribution < -0.4 is 4.90 Å². The fourth-order valence-electron chi connectivity index (χ4n) is 2.09. The van der Waals surface area contributed by atoms with E-state index in [1.165, 1.54) is 0 Å². The molecule has 0 aromatic carbocycles. The van der Waals surface area contributed by atoms with Crippen LogP contribution in [0.25, 0.3) is 0 Å². The second-order valence-corrected chi connectivity index (χ2v) is 7.13. The molecular weight excluding hydrogens is 383 g/mol. The lowest BCUT2D eigenvalue weighted by Crippen LogP contribution is -2.50. The number of carbonyl (C=O) groups is 1. The molecule has 116 valence electrons. The van der Waals surface area contributed by atoms with Gasteiger partial charge in [0.15, 0.2) is 0 Å². The summed E-state index contributed by atoms with van der Waals surface area (Å²) in [7, 11) is 0. The molecule has 0 unspecified atom stereocenters. The first-order chi connectivity index (χ1) is 9.78. The maximum atomic E-state index is 12.0. The molecule has 0 spiro atoms. The second-order valence-electron chi connectivity index (χ2n) is 6.05. The lowest BCUT2D eigenvalue weighted by molar-refractivity contribution is 0.0240. The molecule has 0 bridgehead atoms. The van der Waals surface area contributed by atoms with Gasteiger partial charge in [-0.3, -0.25) is 0 Å². The molecule has 0 saturated carbocycles. The first-order valence-corrected chi connectivity index (χ1v) is 8.06. The summed E-state index contributed by atoms with van der Waals surface area (Å²) in [5, 5.41) is 0. The van der Waals surface area contributed by atoms with Crippen molar-refractivity contribution in [3.63, 3.8) is 0 Å². The Bertz CT molecular complexity index is 522. The summed E-state index contributed by atoms with van der Waals surface area (Å²) in [5.41, 5.74) is 0.531. The fraction of sp³-hybridized carbons (Fsp3) is 0.643. The molecule has 1 saturated heterocycles. The molecule has 1 fully saturated rings. The summed E-state index contributed by atoms with van der Waals surface area (Å²) in [6.45, 7) is 10.4. The molecule has 1 aromatic heterocycles. The Labute approximate surface area is 139 Å². The van der Waals surface area contributed by atoms with Gasteiger partial charge >= 0.3 is 6.09 Å². The minimum atomic E-state index is -0.451. The number of hydrogen-bond acceptors (Lipinski definition) is 5. The standard InChI is InChI=1S/C14H21IN4O2/c1-10-11(15)12(17-9-16-10)18-5-7-19(8-6-18)13(20)21-14(2,3)4/h9H,5-8H2,1-4H3. The Balaban J connectivity index is 1.97. The van der Waals surface area contributed by atoms with Crippen molar-refractivity contribution in [2.24, 2.45) is 0 Å². The van der Waals surface area contributed by atoms with Gasteiger partial charge in [-0.15, -0.1) is 0 Å². The Kier molecular flexibility index (Phi) is 4.90. The highest BCUT2D eigenvalue weighted by molar-refractivity contribution is 14.1. The maximum Gasteiger partial charge on any atom is 0.410 e. The van der Waals surface area contributed by atoms with Crippen LogP contribution in [0.4, 0.5) is 10.6 Å². The van der Waals surface area contributed by atoms with Crippen molar-refractivity contribution in [1.82, 2.24) is 14.9 Å². The lowest BCUT2D eigenvalue weighted by Gasteiger charge is -2.36. The topological polar surface area (TPSA) is 58.6 Å². The van der Waals surface area contributed by atoms with Crippen molar-refractivity contribution < 1.29 is 9.53 Å². The molecule has 6 nitrogen and oxygen atoms in total. The number of piperazine rings is 1. The monoisotopic (exact) mass is 404 g/mol. The van der Waals surface area contributed by atoms with Crippen LogP contribution in [0.15, 0.2) is 6.33 Å². The number of amides is 1. The van der Waals surface area contributed by atoms with Gasteiger partial charge in [-0.2, -0.15) is 0 Å². The Morgan fingerprint density at radius 2 is 1.86 bits per heavy atom. The van der Waals surface area contributed by atoms with Gasteiger partial charge < -0.3 is 14.5 Å². The van der Waals surface area contributed by atoms with E-state index in [1.54, 1.807) is 11.2 Å². The fourth-order valence-corrected chi connectivity index (χ4v) is 2.71. The average Bonchev–Trinajstić information content (AvgIpc) is 2.40. The Hall–Kier alpha value is -1.12. The zero-order valence-corrected chi connectivity index (χ0v) is 15.0. The van der Waals surface area contributed by atoms with Crippen molar-refractivity contribution >= 4 is 34.5 Å². The molecule has 1 amide bonds. The number of rotatable bonds is 1. The van der Waals surface area contributed by atoms with Crippen molar-refractivity contribution in [3.8, 4) is 0 Å². The predicted octanol–water partition coefficient (Wildman–Crippen LogP) is 2.45. The molecule has 0 radical (unpaired) electrons. The minimum Gasteiger partial charge on any atom is -0.444 e. The SMILES string of the molecule is Cc1ncnc(N2CCN(C(=O)OC(C)(C)C)CC2)c1I. The zero-order chi connectivity index (χ0) is 15.6. The molecule has 0 N–H and O–H groups in total. The third-order valence-electron chi connectivity index (χ3n) is 3.18. The van der Waals surface area contributed by atoms with E-state index >= 15 is 0 Å².